The fraction of sp³-hybridized carbons (Fsp3) is 0.0526. The van der Waals surface area contributed by atoms with Crippen molar-refractivity contribution in [3.8, 4) is 11.1 Å². The lowest BCUT2D eigenvalue weighted by molar-refractivity contribution is 0.100. The van der Waals surface area contributed by atoms with Gasteiger partial charge < -0.3 is 0 Å². The van der Waals surface area contributed by atoms with Gasteiger partial charge in [0.1, 0.15) is 0 Å². The maximum Gasteiger partial charge on any atom is 0.286 e. The molecule has 0 saturated heterocycles. The molecule has 2 aromatic carbocycles. The number of nitrogens with zero attached hydrogens (tertiary/aromatic N) is 2. The van der Waals surface area contributed by atoms with Crippen LogP contribution in [0.1, 0.15) is 10.4 Å². The molecule has 0 bridgehead atoms. The summed E-state index contributed by atoms with van der Waals surface area (Å²) in [5, 5.41) is 0. The Hall–Kier alpha value is -2.79. The van der Waals surface area contributed by atoms with E-state index in [2.05, 4.69) is 9.35 Å². The Morgan fingerprint density at radius 2 is 1.54 bits per heavy atom. The van der Waals surface area contributed by atoms with Crippen LogP contribution >= 0.6 is 0 Å². The highest BCUT2D eigenvalue weighted by molar-refractivity contribution is 7.93. The summed E-state index contributed by atoms with van der Waals surface area (Å²) in [7, 11) is -2.79. The largest absolute Gasteiger partial charge is 0.286 e. The molecule has 0 aliphatic rings. The molecule has 24 heavy (non-hydrogen) atoms. The number of hydrogen-bond acceptors (Lipinski definition) is 3. The van der Waals surface area contributed by atoms with Crippen molar-refractivity contribution in [2.45, 2.75) is 4.90 Å². The van der Waals surface area contributed by atoms with Crippen molar-refractivity contribution in [1.29, 1.82) is 0 Å². The third-order valence-electron chi connectivity index (χ3n) is 3.53. The lowest BCUT2D eigenvalue weighted by Crippen LogP contribution is -2.04. The molecular formula is C19H16N2O2S. The van der Waals surface area contributed by atoms with E-state index in [1.807, 2.05) is 36.4 Å². The van der Waals surface area contributed by atoms with Crippen LogP contribution in [0.5, 0.6) is 0 Å². The van der Waals surface area contributed by atoms with Gasteiger partial charge in [0.05, 0.1) is 15.3 Å². The van der Waals surface area contributed by atoms with Gasteiger partial charge in [0.15, 0.2) is 0 Å². The molecule has 5 heteroatoms. The zero-order chi connectivity index (χ0) is 17.0. The van der Waals surface area contributed by atoms with Gasteiger partial charge >= 0.3 is 0 Å². The standard InChI is InChI=1S/C19H16N2O2S/c1-24(23,18-10-6-3-7-11-18)21-19(22)17-12-16(13-20-14-17)15-8-4-2-5-9-15/h2-14H,1H3/t24-/m1/s1. The highest BCUT2D eigenvalue weighted by atomic mass is 32.2. The third-order valence-corrected chi connectivity index (χ3v) is 5.19. The minimum atomic E-state index is -2.79. The topological polar surface area (TPSA) is 59.4 Å². The van der Waals surface area contributed by atoms with Crippen LogP contribution in [0.15, 0.2) is 88.4 Å². The minimum Gasteiger partial charge on any atom is -0.266 e. The van der Waals surface area contributed by atoms with Crippen molar-refractivity contribution < 1.29 is 9.00 Å². The van der Waals surface area contributed by atoms with Gasteiger partial charge in [0.25, 0.3) is 5.91 Å². The van der Waals surface area contributed by atoms with Gasteiger partial charge in [-0.2, -0.15) is 4.36 Å². The molecule has 0 aliphatic heterocycles. The van der Waals surface area contributed by atoms with E-state index in [0.717, 1.165) is 11.1 Å². The monoisotopic (exact) mass is 336 g/mol. The summed E-state index contributed by atoms with van der Waals surface area (Å²) < 4.78 is 16.7. The maximum atomic E-state index is 12.7. The highest BCUT2D eigenvalue weighted by Crippen LogP contribution is 2.20. The van der Waals surface area contributed by atoms with Gasteiger partial charge in [-0.3, -0.25) is 9.78 Å². The average molecular weight is 336 g/mol. The Morgan fingerprint density at radius 3 is 2.21 bits per heavy atom. The second-order valence-electron chi connectivity index (χ2n) is 5.34. The fourth-order valence-electron chi connectivity index (χ4n) is 2.28. The van der Waals surface area contributed by atoms with E-state index in [1.54, 1.807) is 36.5 Å². The lowest BCUT2D eigenvalue weighted by Gasteiger charge is -2.05. The number of aromatic nitrogens is 1. The van der Waals surface area contributed by atoms with Crippen LogP contribution < -0.4 is 0 Å². The predicted octanol–water partition coefficient (Wildman–Crippen LogP) is 4.05. The lowest BCUT2D eigenvalue weighted by atomic mass is 10.1. The van der Waals surface area contributed by atoms with E-state index in [0.29, 0.717) is 10.5 Å². The molecule has 0 spiro atoms. The van der Waals surface area contributed by atoms with Gasteiger partial charge in [0.2, 0.25) is 0 Å². The smallest absolute Gasteiger partial charge is 0.266 e. The first-order valence-corrected chi connectivity index (χ1v) is 9.31. The molecule has 0 fully saturated rings. The zero-order valence-corrected chi connectivity index (χ0v) is 13.9. The van der Waals surface area contributed by atoms with Gasteiger partial charge in [-0.1, -0.05) is 48.5 Å². The molecule has 0 unspecified atom stereocenters. The molecule has 1 aromatic heterocycles. The van der Waals surface area contributed by atoms with Crippen molar-refractivity contribution in [2.24, 2.45) is 4.36 Å². The molecule has 4 nitrogen and oxygen atoms in total. The van der Waals surface area contributed by atoms with E-state index in [-0.39, 0.29) is 0 Å². The molecule has 1 atom stereocenters. The van der Waals surface area contributed by atoms with Crippen LogP contribution in [0.3, 0.4) is 0 Å². The quantitative estimate of drug-likeness (QED) is 0.725. The number of carbonyl (C=O) groups is 1. The summed E-state index contributed by atoms with van der Waals surface area (Å²) in [4.78, 5) is 17.1. The molecule has 3 rings (SSSR count). The second kappa shape index (κ2) is 6.76. The summed E-state index contributed by atoms with van der Waals surface area (Å²) in [6.07, 6.45) is 4.60. The molecular weight excluding hydrogens is 320 g/mol. The molecule has 0 radical (unpaired) electrons. The normalized spacial score (nSPS) is 13.0. The molecule has 1 amide bonds. The van der Waals surface area contributed by atoms with Crippen LogP contribution in [0, 0.1) is 0 Å². The first kappa shape index (κ1) is 16.1. The Kier molecular flexibility index (Phi) is 4.53. The zero-order valence-electron chi connectivity index (χ0n) is 13.1. The Morgan fingerprint density at radius 1 is 0.917 bits per heavy atom. The molecule has 0 N–H and O–H groups in total. The van der Waals surface area contributed by atoms with Gasteiger partial charge in [0, 0.05) is 29.1 Å². The Labute approximate surface area is 141 Å². The summed E-state index contributed by atoms with van der Waals surface area (Å²) >= 11 is 0. The van der Waals surface area contributed by atoms with Crippen molar-refractivity contribution in [3.63, 3.8) is 0 Å². The van der Waals surface area contributed by atoms with Gasteiger partial charge in [-0.05, 0) is 23.8 Å². The Balaban J connectivity index is 1.97. The van der Waals surface area contributed by atoms with Crippen molar-refractivity contribution in [3.05, 3.63) is 84.7 Å². The van der Waals surface area contributed by atoms with Crippen molar-refractivity contribution in [1.82, 2.24) is 4.98 Å². The predicted molar refractivity (Wildman–Crippen MR) is 95.2 cm³/mol. The SMILES string of the molecule is C[S@](=O)(=NC(=O)c1cncc(-c2ccccc2)c1)c1ccccc1. The fourth-order valence-corrected chi connectivity index (χ4v) is 3.47. The number of amides is 1. The highest BCUT2D eigenvalue weighted by Gasteiger charge is 2.12. The first-order valence-electron chi connectivity index (χ1n) is 7.38. The molecule has 0 saturated carbocycles. The second-order valence-corrected chi connectivity index (χ2v) is 7.60. The number of benzene rings is 2. The number of rotatable bonds is 3. The van der Waals surface area contributed by atoms with Crippen LogP contribution in [-0.2, 0) is 9.73 Å². The number of pyridine rings is 1. The van der Waals surface area contributed by atoms with Crippen LogP contribution in [0.4, 0.5) is 0 Å². The first-order chi connectivity index (χ1) is 11.6. The van der Waals surface area contributed by atoms with E-state index in [9.17, 15) is 9.00 Å². The van der Waals surface area contributed by atoms with E-state index in [1.165, 1.54) is 12.5 Å². The van der Waals surface area contributed by atoms with Crippen LogP contribution in [-0.4, -0.2) is 21.4 Å². The Bertz CT molecular complexity index is 977. The summed E-state index contributed by atoms with van der Waals surface area (Å²) in [6, 6.07) is 20.1. The molecule has 120 valence electrons. The number of hydrogen-bond donors (Lipinski definition) is 0. The summed E-state index contributed by atoms with van der Waals surface area (Å²) in [5.74, 6) is -0.531. The average Bonchev–Trinajstić information content (AvgIpc) is 2.63. The summed E-state index contributed by atoms with van der Waals surface area (Å²) in [6.45, 7) is 0. The van der Waals surface area contributed by atoms with Crippen molar-refractivity contribution >= 4 is 15.6 Å². The third kappa shape index (κ3) is 3.58. The van der Waals surface area contributed by atoms with Crippen molar-refractivity contribution in [2.75, 3.05) is 6.26 Å². The van der Waals surface area contributed by atoms with E-state index < -0.39 is 15.6 Å². The maximum absolute atomic E-state index is 12.7. The molecule has 0 aliphatic carbocycles. The number of carbonyl (C=O) groups excluding carboxylic acids is 1. The molecule has 3 aromatic rings. The molecule has 1 heterocycles. The minimum absolute atomic E-state index is 0.321. The van der Waals surface area contributed by atoms with Gasteiger partial charge in [-0.25, -0.2) is 4.21 Å². The van der Waals surface area contributed by atoms with Gasteiger partial charge in [-0.15, -0.1) is 0 Å². The van der Waals surface area contributed by atoms with Crippen LogP contribution in [0.2, 0.25) is 0 Å². The van der Waals surface area contributed by atoms with E-state index >= 15 is 0 Å². The van der Waals surface area contributed by atoms with Crippen LogP contribution in [0.25, 0.3) is 11.1 Å². The van der Waals surface area contributed by atoms with E-state index in [4.69, 9.17) is 0 Å². The summed E-state index contributed by atoms with van der Waals surface area (Å²) in [5.41, 5.74) is 2.10.